The van der Waals surface area contributed by atoms with Crippen LogP contribution >= 0.6 is 0 Å². The minimum absolute atomic E-state index is 0.00917. The molecular formula is C29H23N3O6. The monoisotopic (exact) mass is 509 g/mol. The average molecular weight is 510 g/mol. The van der Waals surface area contributed by atoms with Crippen LogP contribution in [0, 0.1) is 10.1 Å². The van der Waals surface area contributed by atoms with E-state index in [4.69, 9.17) is 13.9 Å². The van der Waals surface area contributed by atoms with E-state index in [1.807, 2.05) is 25.1 Å². The summed E-state index contributed by atoms with van der Waals surface area (Å²) in [5, 5.41) is 17.7. The van der Waals surface area contributed by atoms with Gasteiger partial charge in [0.15, 0.2) is 17.3 Å². The number of nitro groups is 1. The van der Waals surface area contributed by atoms with E-state index in [1.165, 1.54) is 35.9 Å². The molecule has 0 saturated carbocycles. The molecule has 38 heavy (non-hydrogen) atoms. The van der Waals surface area contributed by atoms with Gasteiger partial charge in [-0.2, -0.15) is 5.10 Å². The number of carbonyl (C=O) groups excluding carboxylic acids is 1. The van der Waals surface area contributed by atoms with Gasteiger partial charge in [0.05, 0.1) is 17.7 Å². The van der Waals surface area contributed by atoms with E-state index in [-0.39, 0.29) is 11.4 Å². The SMILES string of the molecule is CCOc1cc(/C=N/NC(=O)c2cc3cc([N+](=O)[O-])ccc3o2)ccc1OCc1ccc2ccccc2c1. The highest BCUT2D eigenvalue weighted by molar-refractivity contribution is 5.97. The van der Waals surface area contributed by atoms with Crippen LogP contribution in [0.15, 0.2) is 94.4 Å². The first kappa shape index (κ1) is 24.5. The molecule has 0 aliphatic carbocycles. The number of ether oxygens (including phenoxy) is 2. The van der Waals surface area contributed by atoms with Crippen LogP contribution in [0.25, 0.3) is 21.7 Å². The quantitative estimate of drug-likeness (QED) is 0.143. The van der Waals surface area contributed by atoms with E-state index in [2.05, 4.69) is 34.8 Å². The number of benzene rings is 4. The third kappa shape index (κ3) is 5.46. The molecule has 9 nitrogen and oxygen atoms in total. The van der Waals surface area contributed by atoms with Crippen molar-refractivity contribution >= 4 is 39.6 Å². The molecular weight excluding hydrogens is 486 g/mol. The van der Waals surface area contributed by atoms with Crippen LogP contribution in [0.4, 0.5) is 5.69 Å². The second-order valence-corrected chi connectivity index (χ2v) is 8.40. The summed E-state index contributed by atoms with van der Waals surface area (Å²) in [5.41, 5.74) is 4.41. The van der Waals surface area contributed by atoms with Gasteiger partial charge in [-0.1, -0.05) is 36.4 Å². The largest absolute Gasteiger partial charge is 0.490 e. The van der Waals surface area contributed by atoms with Gasteiger partial charge in [-0.25, -0.2) is 5.43 Å². The van der Waals surface area contributed by atoms with Crippen molar-refractivity contribution in [2.24, 2.45) is 5.10 Å². The van der Waals surface area contributed by atoms with Gasteiger partial charge in [0.2, 0.25) is 0 Å². The molecule has 1 N–H and O–H groups in total. The second-order valence-electron chi connectivity index (χ2n) is 8.40. The van der Waals surface area contributed by atoms with Crippen molar-refractivity contribution in [2.75, 3.05) is 6.61 Å². The summed E-state index contributed by atoms with van der Waals surface area (Å²) in [6.07, 6.45) is 1.47. The zero-order valence-corrected chi connectivity index (χ0v) is 20.4. The third-order valence-electron chi connectivity index (χ3n) is 5.79. The Hall–Kier alpha value is -5.18. The number of fused-ring (bicyclic) bond motifs is 2. The van der Waals surface area contributed by atoms with E-state index in [9.17, 15) is 14.9 Å². The van der Waals surface area contributed by atoms with Gasteiger partial charge < -0.3 is 13.9 Å². The van der Waals surface area contributed by atoms with E-state index in [0.717, 1.165) is 10.9 Å². The third-order valence-corrected chi connectivity index (χ3v) is 5.79. The molecule has 0 fully saturated rings. The number of non-ortho nitro benzene ring substituents is 1. The van der Waals surface area contributed by atoms with Gasteiger partial charge in [-0.15, -0.1) is 0 Å². The molecule has 0 atom stereocenters. The van der Waals surface area contributed by atoms with E-state index in [0.29, 0.717) is 41.2 Å². The summed E-state index contributed by atoms with van der Waals surface area (Å²) in [5.74, 6) is 0.561. The normalized spacial score (nSPS) is 11.2. The number of rotatable bonds is 9. The number of carbonyl (C=O) groups is 1. The molecule has 0 radical (unpaired) electrons. The zero-order valence-electron chi connectivity index (χ0n) is 20.4. The van der Waals surface area contributed by atoms with Crippen LogP contribution in [0.2, 0.25) is 0 Å². The van der Waals surface area contributed by atoms with Crippen molar-refractivity contribution in [1.29, 1.82) is 0 Å². The minimum Gasteiger partial charge on any atom is -0.490 e. The van der Waals surface area contributed by atoms with Gasteiger partial charge in [0.1, 0.15) is 12.2 Å². The predicted octanol–water partition coefficient (Wildman–Crippen LogP) is 6.24. The fourth-order valence-electron chi connectivity index (χ4n) is 3.96. The van der Waals surface area contributed by atoms with E-state index in [1.54, 1.807) is 18.2 Å². The average Bonchev–Trinajstić information content (AvgIpc) is 3.36. The van der Waals surface area contributed by atoms with Crippen molar-refractivity contribution < 1.29 is 23.6 Å². The Balaban J connectivity index is 1.25. The van der Waals surface area contributed by atoms with Gasteiger partial charge in [0.25, 0.3) is 5.69 Å². The number of nitro benzene ring substituents is 1. The Kier molecular flexibility index (Phi) is 6.99. The summed E-state index contributed by atoms with van der Waals surface area (Å²) in [7, 11) is 0. The Morgan fingerprint density at radius 2 is 1.79 bits per heavy atom. The van der Waals surface area contributed by atoms with E-state index >= 15 is 0 Å². The van der Waals surface area contributed by atoms with Crippen LogP contribution in [0.1, 0.15) is 28.6 Å². The lowest BCUT2D eigenvalue weighted by atomic mass is 10.1. The van der Waals surface area contributed by atoms with Gasteiger partial charge in [-0.05, 0) is 65.2 Å². The molecule has 0 unspecified atom stereocenters. The molecule has 0 saturated heterocycles. The molecule has 1 aromatic heterocycles. The molecule has 5 aromatic rings. The lowest BCUT2D eigenvalue weighted by Gasteiger charge is -2.13. The molecule has 1 amide bonds. The molecule has 0 aliphatic heterocycles. The number of nitrogens with one attached hydrogen (secondary N) is 1. The molecule has 190 valence electrons. The highest BCUT2D eigenvalue weighted by atomic mass is 16.6. The number of hydrogen-bond acceptors (Lipinski definition) is 7. The summed E-state index contributed by atoms with van der Waals surface area (Å²) in [4.78, 5) is 22.9. The van der Waals surface area contributed by atoms with Crippen LogP contribution in [0.5, 0.6) is 11.5 Å². The number of amides is 1. The van der Waals surface area contributed by atoms with E-state index < -0.39 is 10.8 Å². The lowest BCUT2D eigenvalue weighted by Crippen LogP contribution is -2.16. The second kappa shape index (κ2) is 10.8. The maximum absolute atomic E-state index is 12.5. The number of hydrogen-bond donors (Lipinski definition) is 1. The Bertz CT molecular complexity index is 1670. The van der Waals surface area contributed by atoms with Crippen LogP contribution < -0.4 is 14.9 Å². The summed E-state index contributed by atoms with van der Waals surface area (Å²) in [6.45, 7) is 2.72. The zero-order chi connectivity index (χ0) is 26.5. The maximum Gasteiger partial charge on any atom is 0.307 e. The number of hydrazone groups is 1. The van der Waals surface area contributed by atoms with Gasteiger partial charge in [-0.3, -0.25) is 14.9 Å². The first-order chi connectivity index (χ1) is 18.5. The van der Waals surface area contributed by atoms with Crippen molar-refractivity contribution in [3.05, 3.63) is 112 Å². The fourth-order valence-corrected chi connectivity index (χ4v) is 3.96. The molecule has 0 spiro atoms. The molecule has 9 heteroatoms. The van der Waals surface area contributed by atoms with Crippen LogP contribution in [-0.2, 0) is 6.61 Å². The van der Waals surface area contributed by atoms with Crippen molar-refractivity contribution in [1.82, 2.24) is 5.43 Å². The predicted molar refractivity (Wildman–Crippen MR) is 144 cm³/mol. The first-order valence-electron chi connectivity index (χ1n) is 11.9. The van der Waals surface area contributed by atoms with Gasteiger partial charge >= 0.3 is 5.91 Å². The van der Waals surface area contributed by atoms with Crippen LogP contribution in [-0.4, -0.2) is 23.7 Å². The number of nitrogens with zero attached hydrogens (tertiary/aromatic N) is 2. The summed E-state index contributed by atoms with van der Waals surface area (Å²) >= 11 is 0. The molecule has 4 aromatic carbocycles. The Labute approximate surface area is 217 Å². The molecule has 5 rings (SSSR count). The molecule has 1 heterocycles. The molecule has 0 bridgehead atoms. The smallest absolute Gasteiger partial charge is 0.307 e. The van der Waals surface area contributed by atoms with Crippen LogP contribution in [0.3, 0.4) is 0 Å². The highest BCUT2D eigenvalue weighted by Crippen LogP contribution is 2.29. The Morgan fingerprint density at radius 1 is 0.947 bits per heavy atom. The van der Waals surface area contributed by atoms with Crippen molar-refractivity contribution in [2.45, 2.75) is 13.5 Å². The first-order valence-corrected chi connectivity index (χ1v) is 11.9. The topological polar surface area (TPSA) is 116 Å². The summed E-state index contributed by atoms with van der Waals surface area (Å²) in [6, 6.07) is 25.3. The number of furan rings is 1. The fraction of sp³-hybridized carbons (Fsp3) is 0.103. The van der Waals surface area contributed by atoms with Gasteiger partial charge in [0, 0.05) is 17.5 Å². The van der Waals surface area contributed by atoms with Crippen molar-refractivity contribution in [3.63, 3.8) is 0 Å². The highest BCUT2D eigenvalue weighted by Gasteiger charge is 2.15. The van der Waals surface area contributed by atoms with Crippen molar-refractivity contribution in [3.8, 4) is 11.5 Å². The standard InChI is InChI=1S/C29H23N3O6/c1-2-36-27-14-19(8-11-26(27)37-18-20-7-9-21-5-3-4-6-22(21)13-20)17-30-31-29(33)28-16-23-15-24(32(34)35)10-12-25(23)38-28/h3-17H,2,18H2,1H3,(H,31,33)/b30-17+. The maximum atomic E-state index is 12.5. The molecule has 0 aliphatic rings. The minimum atomic E-state index is -0.583. The summed E-state index contributed by atoms with van der Waals surface area (Å²) < 4.78 is 17.3. The lowest BCUT2D eigenvalue weighted by molar-refractivity contribution is -0.384. The Morgan fingerprint density at radius 3 is 2.61 bits per heavy atom.